The molecule has 4 rings (SSSR count). The molecule has 0 bridgehead atoms. The zero-order valence-corrected chi connectivity index (χ0v) is 9.56. The first-order chi connectivity index (χ1) is 8.43. The van der Waals surface area contributed by atoms with Crippen molar-refractivity contribution in [2.24, 2.45) is 0 Å². The maximum atomic E-state index is 2.29. The molecule has 1 heteroatoms. The molecule has 17 heavy (non-hydrogen) atoms. The second-order valence-electron chi connectivity index (χ2n) is 4.67. The lowest BCUT2D eigenvalue weighted by atomic mass is 10.0. The fourth-order valence-corrected chi connectivity index (χ4v) is 2.95. The van der Waals surface area contributed by atoms with E-state index in [-0.39, 0.29) is 0 Å². The first-order valence-corrected chi connectivity index (χ1v) is 6.10. The minimum absolute atomic E-state index is 1.20. The highest BCUT2D eigenvalue weighted by Gasteiger charge is 2.15. The third-order valence-corrected chi connectivity index (χ3v) is 3.74. The van der Waals surface area contributed by atoms with Gasteiger partial charge >= 0.3 is 0 Å². The van der Waals surface area contributed by atoms with Crippen molar-refractivity contribution in [3.05, 3.63) is 66.0 Å². The highest BCUT2D eigenvalue weighted by atomic mass is 14.9. The molecule has 0 amide bonds. The molecular weight excluding hydrogens is 206 g/mol. The van der Waals surface area contributed by atoms with E-state index in [1.54, 1.807) is 0 Å². The van der Waals surface area contributed by atoms with Gasteiger partial charge in [0.25, 0.3) is 0 Å². The van der Waals surface area contributed by atoms with Gasteiger partial charge in [0.05, 0.1) is 5.69 Å². The fraction of sp³-hybridized carbons (Fsp3) is 0.125. The van der Waals surface area contributed by atoms with E-state index in [2.05, 4.69) is 59.4 Å². The van der Waals surface area contributed by atoms with Crippen LogP contribution in [0.25, 0.3) is 16.5 Å². The van der Waals surface area contributed by atoms with Crippen LogP contribution in [-0.2, 0) is 12.8 Å². The largest absolute Gasteiger partial charge is 0.323 e. The smallest absolute Gasteiger partial charge is 0.0528 e. The van der Waals surface area contributed by atoms with Crippen LogP contribution >= 0.6 is 0 Å². The summed E-state index contributed by atoms with van der Waals surface area (Å²) in [4.78, 5) is 0. The van der Waals surface area contributed by atoms with Crippen LogP contribution in [0, 0.1) is 0 Å². The second kappa shape index (κ2) is 3.24. The van der Waals surface area contributed by atoms with Gasteiger partial charge in [0.1, 0.15) is 0 Å². The summed E-state index contributed by atoms with van der Waals surface area (Å²) in [6, 6.07) is 15.4. The van der Waals surface area contributed by atoms with Gasteiger partial charge in [0, 0.05) is 17.8 Å². The Morgan fingerprint density at radius 2 is 1.53 bits per heavy atom. The van der Waals surface area contributed by atoms with Gasteiger partial charge < -0.3 is 4.57 Å². The summed E-state index contributed by atoms with van der Waals surface area (Å²) in [7, 11) is 0. The monoisotopic (exact) mass is 219 g/mol. The van der Waals surface area contributed by atoms with Crippen LogP contribution in [0.1, 0.15) is 11.1 Å². The van der Waals surface area contributed by atoms with Crippen molar-refractivity contribution < 1.29 is 0 Å². The Balaban J connectivity index is 2.14. The summed E-state index contributed by atoms with van der Waals surface area (Å²) >= 11 is 0. The topological polar surface area (TPSA) is 4.93 Å². The predicted octanol–water partition coefficient (Wildman–Crippen LogP) is 3.73. The molecule has 82 valence electrons. The summed E-state index contributed by atoms with van der Waals surface area (Å²) < 4.78 is 2.20. The van der Waals surface area contributed by atoms with Crippen molar-refractivity contribution in [1.29, 1.82) is 0 Å². The summed E-state index contributed by atoms with van der Waals surface area (Å²) in [5.41, 5.74) is 4.30. The molecule has 0 saturated carbocycles. The SMILES string of the molecule is c1cc2c3c(ccc(-n4cccc4)c3c1)CC2. The first-order valence-electron chi connectivity index (χ1n) is 6.10. The van der Waals surface area contributed by atoms with Crippen LogP contribution in [0.3, 0.4) is 0 Å². The molecule has 3 aromatic rings. The molecule has 0 N–H and O–H groups in total. The third kappa shape index (κ3) is 1.19. The van der Waals surface area contributed by atoms with Crippen LogP contribution < -0.4 is 0 Å². The van der Waals surface area contributed by atoms with Crippen LogP contribution in [0.2, 0.25) is 0 Å². The van der Waals surface area contributed by atoms with E-state index in [4.69, 9.17) is 0 Å². The number of benzene rings is 2. The van der Waals surface area contributed by atoms with Gasteiger partial charge in [-0.1, -0.05) is 24.3 Å². The molecule has 0 unspecified atom stereocenters. The molecule has 0 fully saturated rings. The van der Waals surface area contributed by atoms with Crippen LogP contribution in [0.4, 0.5) is 0 Å². The van der Waals surface area contributed by atoms with Gasteiger partial charge in [0.2, 0.25) is 0 Å². The zero-order valence-electron chi connectivity index (χ0n) is 9.56. The lowest BCUT2D eigenvalue weighted by molar-refractivity contribution is 1.02. The minimum Gasteiger partial charge on any atom is -0.323 e. The Morgan fingerprint density at radius 3 is 2.35 bits per heavy atom. The highest BCUT2D eigenvalue weighted by Crippen LogP contribution is 2.34. The molecule has 1 nitrogen and oxygen atoms in total. The van der Waals surface area contributed by atoms with E-state index in [9.17, 15) is 0 Å². The molecule has 1 heterocycles. The Bertz CT molecular complexity index is 683. The zero-order chi connectivity index (χ0) is 11.2. The lowest BCUT2D eigenvalue weighted by Crippen LogP contribution is -1.92. The quantitative estimate of drug-likeness (QED) is 0.587. The molecular formula is C16H13N. The Hall–Kier alpha value is -2.02. The van der Waals surface area contributed by atoms with Gasteiger partial charge in [-0.2, -0.15) is 0 Å². The predicted molar refractivity (Wildman–Crippen MR) is 70.7 cm³/mol. The van der Waals surface area contributed by atoms with Crippen molar-refractivity contribution in [3.8, 4) is 5.69 Å². The van der Waals surface area contributed by atoms with Gasteiger partial charge in [-0.25, -0.2) is 0 Å². The minimum atomic E-state index is 1.20. The van der Waals surface area contributed by atoms with Gasteiger partial charge in [0.15, 0.2) is 0 Å². The summed E-state index contributed by atoms with van der Waals surface area (Å²) in [6.45, 7) is 0. The molecule has 0 spiro atoms. The van der Waals surface area contributed by atoms with E-state index in [0.29, 0.717) is 0 Å². The Kier molecular flexibility index (Phi) is 1.72. The average Bonchev–Trinajstić information content (AvgIpc) is 3.00. The van der Waals surface area contributed by atoms with Crippen molar-refractivity contribution in [2.45, 2.75) is 12.8 Å². The molecule has 0 radical (unpaired) electrons. The molecule has 0 atom stereocenters. The second-order valence-corrected chi connectivity index (χ2v) is 4.67. The summed E-state index contributed by atoms with van der Waals surface area (Å²) in [6.07, 6.45) is 6.61. The van der Waals surface area contributed by atoms with Crippen molar-refractivity contribution in [1.82, 2.24) is 4.57 Å². The van der Waals surface area contributed by atoms with Crippen LogP contribution in [-0.4, -0.2) is 4.57 Å². The van der Waals surface area contributed by atoms with Crippen molar-refractivity contribution in [2.75, 3.05) is 0 Å². The standard InChI is InChI=1S/C16H13N/c1-2-11-17(10-1)15-9-8-13-7-6-12-4-3-5-14(15)16(12)13/h1-5,8-11H,6-7H2. The number of aromatic nitrogens is 1. The van der Waals surface area contributed by atoms with Gasteiger partial charge in [-0.3, -0.25) is 0 Å². The molecule has 0 aliphatic heterocycles. The highest BCUT2D eigenvalue weighted by molar-refractivity contribution is 5.96. The number of hydrogen-bond acceptors (Lipinski definition) is 0. The van der Waals surface area contributed by atoms with E-state index in [0.717, 1.165) is 0 Å². The van der Waals surface area contributed by atoms with Gasteiger partial charge in [-0.05, 0) is 47.6 Å². The van der Waals surface area contributed by atoms with E-state index in [1.807, 2.05) is 0 Å². The first kappa shape index (κ1) is 9.06. The lowest BCUT2D eigenvalue weighted by Gasteiger charge is -2.09. The normalized spacial score (nSPS) is 13.4. The number of hydrogen-bond donors (Lipinski definition) is 0. The number of nitrogens with zero attached hydrogens (tertiary/aromatic N) is 1. The van der Waals surface area contributed by atoms with E-state index >= 15 is 0 Å². The Morgan fingerprint density at radius 1 is 0.765 bits per heavy atom. The maximum Gasteiger partial charge on any atom is 0.0528 e. The molecule has 1 aliphatic carbocycles. The molecule has 0 saturated heterocycles. The van der Waals surface area contributed by atoms with Gasteiger partial charge in [-0.15, -0.1) is 0 Å². The molecule has 1 aliphatic rings. The third-order valence-electron chi connectivity index (χ3n) is 3.74. The van der Waals surface area contributed by atoms with Crippen molar-refractivity contribution >= 4 is 10.8 Å². The summed E-state index contributed by atoms with van der Waals surface area (Å²) in [5, 5.41) is 2.87. The molecule has 2 aromatic carbocycles. The number of rotatable bonds is 1. The summed E-state index contributed by atoms with van der Waals surface area (Å²) in [5.74, 6) is 0. The number of aryl methyl sites for hydroxylation is 2. The van der Waals surface area contributed by atoms with Crippen molar-refractivity contribution in [3.63, 3.8) is 0 Å². The van der Waals surface area contributed by atoms with E-state index < -0.39 is 0 Å². The molecule has 1 aromatic heterocycles. The fourth-order valence-electron chi connectivity index (χ4n) is 2.95. The average molecular weight is 219 g/mol. The maximum absolute atomic E-state index is 2.29. The van der Waals surface area contributed by atoms with Crippen LogP contribution in [0.15, 0.2) is 54.9 Å². The Labute approximate surface area is 100 Å². The van der Waals surface area contributed by atoms with Crippen LogP contribution in [0.5, 0.6) is 0 Å². The van der Waals surface area contributed by atoms with E-state index in [1.165, 1.54) is 40.4 Å².